The van der Waals surface area contributed by atoms with Gasteiger partial charge in [0.2, 0.25) is 0 Å². The highest BCUT2D eigenvalue weighted by Crippen LogP contribution is 2.23. The van der Waals surface area contributed by atoms with Crippen molar-refractivity contribution < 1.29 is 0 Å². The van der Waals surface area contributed by atoms with E-state index in [0.717, 1.165) is 9.99 Å². The van der Waals surface area contributed by atoms with E-state index >= 15 is 0 Å². The first-order valence-corrected chi connectivity index (χ1v) is 6.29. The maximum Gasteiger partial charge on any atom is 0.172 e. The van der Waals surface area contributed by atoms with Gasteiger partial charge in [0.25, 0.3) is 0 Å². The molecule has 86 valence electrons. The number of hydrogen-bond donors (Lipinski definition) is 1. The van der Waals surface area contributed by atoms with Crippen LogP contribution in [0.5, 0.6) is 0 Å². The Morgan fingerprint density at radius 1 is 1.56 bits per heavy atom. The number of halogens is 2. The van der Waals surface area contributed by atoms with Crippen molar-refractivity contribution in [2.24, 2.45) is 5.73 Å². The molecule has 2 heterocycles. The summed E-state index contributed by atoms with van der Waals surface area (Å²) in [6, 6.07) is 1.79. The van der Waals surface area contributed by atoms with Gasteiger partial charge in [0.05, 0.1) is 16.7 Å². The molecule has 2 aromatic heterocycles. The van der Waals surface area contributed by atoms with Crippen LogP contribution in [0, 0.1) is 0 Å². The van der Waals surface area contributed by atoms with E-state index in [1.165, 1.54) is 0 Å². The molecule has 2 rings (SSSR count). The molecule has 6 heteroatoms. The van der Waals surface area contributed by atoms with Gasteiger partial charge < -0.3 is 5.73 Å². The Labute approximate surface area is 113 Å². The molecule has 0 spiro atoms. The summed E-state index contributed by atoms with van der Waals surface area (Å²) in [5.41, 5.74) is 6.30. The average molecular weight is 321 g/mol. The Kier molecular flexibility index (Phi) is 4.70. The van der Waals surface area contributed by atoms with E-state index in [9.17, 15) is 0 Å². The van der Waals surface area contributed by atoms with E-state index in [4.69, 9.17) is 29.6 Å². The van der Waals surface area contributed by atoms with Crippen molar-refractivity contribution in [3.05, 3.63) is 33.8 Å². The van der Waals surface area contributed by atoms with E-state index in [2.05, 4.69) is 20.9 Å². The molecule has 0 aliphatic rings. The van der Waals surface area contributed by atoms with Crippen molar-refractivity contribution in [2.45, 2.75) is 13.8 Å². The standard InChI is InChI=1S/C8H5BrClN3S.C2H6/c9-4-1-5(10)6-2-12-8(7(11)14)13(6)3-4;1-2/h1-3H,(H2,11,14);1-2H3. The first kappa shape index (κ1) is 13.4. The minimum absolute atomic E-state index is 0.249. The molecule has 0 amide bonds. The highest BCUT2D eigenvalue weighted by atomic mass is 79.9. The highest BCUT2D eigenvalue weighted by molar-refractivity contribution is 9.10. The molecule has 0 aromatic carbocycles. The first-order chi connectivity index (χ1) is 7.59. The summed E-state index contributed by atoms with van der Waals surface area (Å²) in [6.07, 6.45) is 3.46. The molecule has 0 bridgehead atoms. The molecule has 0 unspecified atom stereocenters. The minimum atomic E-state index is 0.249. The van der Waals surface area contributed by atoms with Crippen molar-refractivity contribution in [1.29, 1.82) is 0 Å². The van der Waals surface area contributed by atoms with Gasteiger partial charge in [-0.1, -0.05) is 37.7 Å². The fourth-order valence-electron chi connectivity index (χ4n) is 1.21. The highest BCUT2D eigenvalue weighted by Gasteiger charge is 2.09. The number of rotatable bonds is 1. The van der Waals surface area contributed by atoms with Gasteiger partial charge in [0.1, 0.15) is 4.99 Å². The van der Waals surface area contributed by atoms with Crippen molar-refractivity contribution >= 4 is 50.3 Å². The summed E-state index contributed by atoms with van der Waals surface area (Å²) in [5, 5.41) is 0.606. The zero-order valence-electron chi connectivity index (χ0n) is 8.87. The molecule has 3 nitrogen and oxygen atoms in total. The Balaban J connectivity index is 0.000000606. The Morgan fingerprint density at radius 2 is 2.19 bits per heavy atom. The van der Waals surface area contributed by atoms with Gasteiger partial charge in [-0.25, -0.2) is 4.98 Å². The third-order valence-corrected chi connectivity index (χ3v) is 2.70. The van der Waals surface area contributed by atoms with Crippen LogP contribution in [-0.2, 0) is 0 Å². The van der Waals surface area contributed by atoms with Gasteiger partial charge in [-0.15, -0.1) is 0 Å². The first-order valence-electron chi connectivity index (χ1n) is 4.71. The Morgan fingerprint density at radius 3 is 2.75 bits per heavy atom. The van der Waals surface area contributed by atoms with Crippen LogP contribution in [0.4, 0.5) is 0 Å². The van der Waals surface area contributed by atoms with E-state index in [-0.39, 0.29) is 4.99 Å². The predicted octanol–water partition coefficient (Wildman–Crippen LogP) is 3.41. The molecule has 0 saturated heterocycles. The number of pyridine rings is 1. The molecule has 2 aromatic rings. The van der Waals surface area contributed by atoms with Gasteiger partial charge in [-0.05, 0) is 22.0 Å². The average Bonchev–Trinajstić information content (AvgIpc) is 2.64. The van der Waals surface area contributed by atoms with Crippen LogP contribution in [0.2, 0.25) is 5.02 Å². The lowest BCUT2D eigenvalue weighted by Crippen LogP contribution is -2.13. The molecule has 0 fully saturated rings. The van der Waals surface area contributed by atoms with Crippen LogP contribution in [-0.4, -0.2) is 14.4 Å². The fourth-order valence-corrected chi connectivity index (χ4v) is 2.18. The fraction of sp³-hybridized carbons (Fsp3) is 0.200. The van der Waals surface area contributed by atoms with Crippen LogP contribution >= 0.6 is 39.7 Å². The number of nitrogens with two attached hydrogens (primary N) is 1. The molecule has 0 aliphatic carbocycles. The second kappa shape index (κ2) is 5.61. The number of fused-ring (bicyclic) bond motifs is 1. The largest absolute Gasteiger partial charge is 0.387 e. The quantitative estimate of drug-likeness (QED) is 0.819. The summed E-state index contributed by atoms with van der Waals surface area (Å²) < 4.78 is 2.61. The number of hydrogen-bond acceptors (Lipinski definition) is 2. The van der Waals surface area contributed by atoms with Gasteiger partial charge in [0.15, 0.2) is 5.82 Å². The van der Waals surface area contributed by atoms with Crippen LogP contribution in [0.1, 0.15) is 19.7 Å². The third-order valence-electron chi connectivity index (χ3n) is 1.78. The number of nitrogens with zero attached hydrogens (tertiary/aromatic N) is 2. The van der Waals surface area contributed by atoms with Crippen LogP contribution < -0.4 is 5.73 Å². The molecule has 2 N–H and O–H groups in total. The van der Waals surface area contributed by atoms with Gasteiger partial charge >= 0.3 is 0 Å². The van der Waals surface area contributed by atoms with Gasteiger partial charge in [-0.2, -0.15) is 0 Å². The van der Waals surface area contributed by atoms with Crippen molar-refractivity contribution in [3.63, 3.8) is 0 Å². The van der Waals surface area contributed by atoms with Crippen LogP contribution in [0.15, 0.2) is 22.9 Å². The molecule has 0 saturated carbocycles. The summed E-state index contributed by atoms with van der Waals surface area (Å²) >= 11 is 14.2. The molecule has 0 aliphatic heterocycles. The SMILES string of the molecule is CC.NC(=S)c1ncc2c(Cl)cc(Br)cn12. The van der Waals surface area contributed by atoms with Crippen LogP contribution in [0.25, 0.3) is 5.52 Å². The summed E-state index contributed by atoms with van der Waals surface area (Å²) in [7, 11) is 0. The topological polar surface area (TPSA) is 43.3 Å². The lowest BCUT2D eigenvalue weighted by Gasteiger charge is -2.01. The summed E-state index contributed by atoms with van der Waals surface area (Å²) in [6.45, 7) is 4.00. The lowest BCUT2D eigenvalue weighted by molar-refractivity contribution is 1.12. The zero-order chi connectivity index (χ0) is 12.3. The van der Waals surface area contributed by atoms with Crippen molar-refractivity contribution in [1.82, 2.24) is 9.38 Å². The Hall–Kier alpha value is -0.650. The van der Waals surface area contributed by atoms with Crippen molar-refractivity contribution in [3.8, 4) is 0 Å². The van der Waals surface area contributed by atoms with E-state index < -0.39 is 0 Å². The van der Waals surface area contributed by atoms with Gasteiger partial charge in [-0.3, -0.25) is 4.40 Å². The Bertz CT molecular complexity index is 524. The monoisotopic (exact) mass is 319 g/mol. The zero-order valence-corrected chi connectivity index (χ0v) is 12.0. The van der Waals surface area contributed by atoms with E-state index in [1.807, 2.05) is 20.0 Å². The second-order valence-electron chi connectivity index (χ2n) is 2.71. The molecule has 0 radical (unpaired) electrons. The molecular weight excluding hydrogens is 310 g/mol. The van der Waals surface area contributed by atoms with Gasteiger partial charge in [0, 0.05) is 10.7 Å². The predicted molar refractivity (Wildman–Crippen MR) is 75.1 cm³/mol. The lowest BCUT2D eigenvalue weighted by atomic mass is 10.4. The molecular formula is C10H11BrClN3S. The second-order valence-corrected chi connectivity index (χ2v) is 4.47. The van der Waals surface area contributed by atoms with Crippen LogP contribution in [0.3, 0.4) is 0 Å². The number of imidazole rings is 1. The third kappa shape index (κ3) is 2.53. The smallest absolute Gasteiger partial charge is 0.172 e. The maximum absolute atomic E-state index is 6.01. The van der Waals surface area contributed by atoms with E-state index in [0.29, 0.717) is 10.8 Å². The van der Waals surface area contributed by atoms with Crippen molar-refractivity contribution in [2.75, 3.05) is 0 Å². The maximum atomic E-state index is 6.01. The summed E-state index contributed by atoms with van der Waals surface area (Å²) in [4.78, 5) is 4.34. The number of thiocarbonyl (C=S) groups is 1. The minimum Gasteiger partial charge on any atom is -0.387 e. The normalized spacial score (nSPS) is 9.75. The van der Waals surface area contributed by atoms with E-state index in [1.54, 1.807) is 16.7 Å². The number of aromatic nitrogens is 2. The molecule has 16 heavy (non-hydrogen) atoms. The summed E-state index contributed by atoms with van der Waals surface area (Å²) in [5.74, 6) is 0.540. The molecule has 0 atom stereocenters.